The van der Waals surface area contributed by atoms with Crippen LogP contribution in [0, 0.1) is 20.8 Å². The summed E-state index contributed by atoms with van der Waals surface area (Å²) in [6, 6.07) is 13.8. The quantitative estimate of drug-likeness (QED) is 0.837. The van der Waals surface area contributed by atoms with E-state index in [9.17, 15) is 4.79 Å². The van der Waals surface area contributed by atoms with Crippen molar-refractivity contribution in [2.24, 2.45) is 0 Å². The van der Waals surface area contributed by atoms with Crippen molar-refractivity contribution in [3.05, 3.63) is 64.7 Å². The van der Waals surface area contributed by atoms with E-state index in [-0.39, 0.29) is 5.78 Å². The summed E-state index contributed by atoms with van der Waals surface area (Å²) in [5.41, 5.74) is 5.30. The highest BCUT2D eigenvalue weighted by atomic mass is 16.1. The van der Waals surface area contributed by atoms with Crippen molar-refractivity contribution >= 4 is 11.5 Å². The Morgan fingerprint density at radius 1 is 0.947 bits per heavy atom. The van der Waals surface area contributed by atoms with Crippen LogP contribution >= 0.6 is 0 Å². The van der Waals surface area contributed by atoms with Crippen LogP contribution < -0.4 is 5.32 Å². The smallest absolute Gasteiger partial charge is 0.181 e. The lowest BCUT2D eigenvalue weighted by atomic mass is 10.0. The van der Waals surface area contributed by atoms with Gasteiger partial charge in [0.1, 0.15) is 0 Å². The van der Waals surface area contributed by atoms with Gasteiger partial charge in [-0.15, -0.1) is 0 Å². The topological polar surface area (TPSA) is 29.1 Å². The normalized spacial score (nSPS) is 10.3. The number of benzene rings is 2. The van der Waals surface area contributed by atoms with Gasteiger partial charge in [-0.1, -0.05) is 30.3 Å². The molecule has 98 valence electrons. The third kappa shape index (κ3) is 3.22. The highest BCUT2D eigenvalue weighted by molar-refractivity contribution is 5.99. The molecule has 0 amide bonds. The van der Waals surface area contributed by atoms with Gasteiger partial charge in [-0.2, -0.15) is 0 Å². The molecule has 0 radical (unpaired) electrons. The molecule has 0 aliphatic heterocycles. The number of anilines is 1. The summed E-state index contributed by atoms with van der Waals surface area (Å²) in [6.45, 7) is 6.44. The van der Waals surface area contributed by atoms with Gasteiger partial charge in [0.2, 0.25) is 0 Å². The number of nitrogens with one attached hydrogen (secondary N) is 1. The van der Waals surface area contributed by atoms with E-state index in [1.807, 2.05) is 56.3 Å². The van der Waals surface area contributed by atoms with Crippen molar-refractivity contribution < 1.29 is 4.79 Å². The van der Waals surface area contributed by atoms with Crippen LogP contribution in [0.4, 0.5) is 5.69 Å². The molecule has 19 heavy (non-hydrogen) atoms. The highest BCUT2D eigenvalue weighted by Gasteiger charge is 2.07. The molecule has 0 spiro atoms. The van der Waals surface area contributed by atoms with E-state index in [0.717, 1.165) is 22.4 Å². The summed E-state index contributed by atoms with van der Waals surface area (Å²) in [5.74, 6) is 0.117. The minimum Gasteiger partial charge on any atom is -0.377 e. The maximum atomic E-state index is 12.1. The first-order valence-electron chi connectivity index (χ1n) is 6.48. The fourth-order valence-electron chi connectivity index (χ4n) is 1.96. The number of rotatable bonds is 4. The van der Waals surface area contributed by atoms with Crippen LogP contribution in [0.15, 0.2) is 42.5 Å². The fraction of sp³-hybridized carbons (Fsp3) is 0.235. The van der Waals surface area contributed by atoms with Crippen molar-refractivity contribution in [2.75, 3.05) is 11.9 Å². The standard InChI is InChI=1S/C17H19NO/c1-12-8-9-15(10-14(12)3)17(19)11-18-16-7-5-4-6-13(16)2/h4-10,18H,11H2,1-3H3. The van der Waals surface area contributed by atoms with Crippen molar-refractivity contribution in [3.8, 4) is 0 Å². The lowest BCUT2D eigenvalue weighted by Gasteiger charge is -2.09. The molecule has 0 aliphatic carbocycles. The molecule has 2 rings (SSSR count). The molecule has 0 bridgehead atoms. The molecule has 2 nitrogen and oxygen atoms in total. The Balaban J connectivity index is 2.05. The Bertz CT molecular complexity index is 602. The molecule has 0 saturated carbocycles. The number of hydrogen-bond donors (Lipinski definition) is 1. The van der Waals surface area contributed by atoms with Gasteiger partial charge in [-0.05, 0) is 49.6 Å². The van der Waals surface area contributed by atoms with Gasteiger partial charge >= 0.3 is 0 Å². The fourth-order valence-corrected chi connectivity index (χ4v) is 1.96. The molecule has 2 aromatic rings. The Hall–Kier alpha value is -2.09. The van der Waals surface area contributed by atoms with E-state index in [0.29, 0.717) is 6.54 Å². The zero-order valence-corrected chi connectivity index (χ0v) is 11.7. The molecule has 0 heterocycles. The number of Topliss-reactive ketones (excluding diaryl/α,β-unsaturated/α-hetero) is 1. The van der Waals surface area contributed by atoms with Gasteiger partial charge in [0.15, 0.2) is 5.78 Å². The maximum Gasteiger partial charge on any atom is 0.181 e. The van der Waals surface area contributed by atoms with E-state index in [1.54, 1.807) is 0 Å². The van der Waals surface area contributed by atoms with Crippen LogP contribution in [0.1, 0.15) is 27.0 Å². The number of carbonyl (C=O) groups excluding carboxylic acids is 1. The third-order valence-corrected chi connectivity index (χ3v) is 3.41. The number of ketones is 1. The highest BCUT2D eigenvalue weighted by Crippen LogP contribution is 2.14. The predicted octanol–water partition coefficient (Wildman–Crippen LogP) is 3.91. The molecule has 0 aromatic heterocycles. The van der Waals surface area contributed by atoms with Crippen LogP contribution in [0.2, 0.25) is 0 Å². The molecule has 1 N–H and O–H groups in total. The molecule has 0 atom stereocenters. The summed E-state index contributed by atoms with van der Waals surface area (Å²) < 4.78 is 0. The van der Waals surface area contributed by atoms with Crippen molar-refractivity contribution in [3.63, 3.8) is 0 Å². The second kappa shape index (κ2) is 5.70. The van der Waals surface area contributed by atoms with Crippen molar-refractivity contribution in [1.82, 2.24) is 0 Å². The van der Waals surface area contributed by atoms with E-state index in [4.69, 9.17) is 0 Å². The predicted molar refractivity (Wildman–Crippen MR) is 79.9 cm³/mol. The number of para-hydroxylation sites is 1. The minimum absolute atomic E-state index is 0.117. The summed E-state index contributed by atoms with van der Waals surface area (Å²) in [5, 5.41) is 3.20. The monoisotopic (exact) mass is 253 g/mol. The van der Waals surface area contributed by atoms with E-state index in [1.165, 1.54) is 5.56 Å². The van der Waals surface area contributed by atoms with Gasteiger partial charge in [-0.25, -0.2) is 0 Å². The van der Waals surface area contributed by atoms with Crippen LogP contribution in [0.5, 0.6) is 0 Å². The zero-order chi connectivity index (χ0) is 13.8. The van der Waals surface area contributed by atoms with Gasteiger partial charge in [0, 0.05) is 11.3 Å². The lowest BCUT2D eigenvalue weighted by Crippen LogP contribution is -2.14. The van der Waals surface area contributed by atoms with Gasteiger partial charge in [0.25, 0.3) is 0 Å². The van der Waals surface area contributed by atoms with Crippen LogP contribution in [-0.4, -0.2) is 12.3 Å². The summed E-state index contributed by atoms with van der Waals surface area (Å²) in [7, 11) is 0. The Morgan fingerprint density at radius 2 is 1.68 bits per heavy atom. The minimum atomic E-state index is 0.117. The largest absolute Gasteiger partial charge is 0.377 e. The molecule has 0 fully saturated rings. The summed E-state index contributed by atoms with van der Waals surface area (Å²) in [4.78, 5) is 12.1. The first kappa shape index (κ1) is 13.3. The number of aryl methyl sites for hydroxylation is 3. The Labute approximate surface area is 114 Å². The molecular weight excluding hydrogens is 234 g/mol. The van der Waals surface area contributed by atoms with Crippen LogP contribution in [0.25, 0.3) is 0 Å². The Kier molecular flexibility index (Phi) is 4.00. The van der Waals surface area contributed by atoms with Crippen LogP contribution in [0.3, 0.4) is 0 Å². The molecular formula is C17H19NO. The second-order valence-electron chi connectivity index (χ2n) is 4.89. The van der Waals surface area contributed by atoms with Crippen LogP contribution in [-0.2, 0) is 0 Å². The average Bonchev–Trinajstić information content (AvgIpc) is 2.40. The zero-order valence-electron chi connectivity index (χ0n) is 11.7. The lowest BCUT2D eigenvalue weighted by molar-refractivity contribution is 0.101. The summed E-state index contributed by atoms with van der Waals surface area (Å²) >= 11 is 0. The molecule has 2 heteroatoms. The van der Waals surface area contributed by atoms with Crippen molar-refractivity contribution in [1.29, 1.82) is 0 Å². The average molecular weight is 253 g/mol. The molecule has 2 aromatic carbocycles. The van der Waals surface area contributed by atoms with Gasteiger partial charge in [-0.3, -0.25) is 4.79 Å². The first-order valence-corrected chi connectivity index (χ1v) is 6.48. The van der Waals surface area contributed by atoms with Gasteiger partial charge < -0.3 is 5.32 Å². The number of hydrogen-bond acceptors (Lipinski definition) is 2. The van der Waals surface area contributed by atoms with E-state index < -0.39 is 0 Å². The molecule has 0 aliphatic rings. The SMILES string of the molecule is Cc1ccc(C(=O)CNc2ccccc2C)cc1C. The summed E-state index contributed by atoms with van der Waals surface area (Å²) in [6.07, 6.45) is 0. The third-order valence-electron chi connectivity index (χ3n) is 3.41. The maximum absolute atomic E-state index is 12.1. The first-order chi connectivity index (χ1) is 9.08. The van der Waals surface area contributed by atoms with Crippen molar-refractivity contribution in [2.45, 2.75) is 20.8 Å². The molecule has 0 saturated heterocycles. The van der Waals surface area contributed by atoms with E-state index in [2.05, 4.69) is 12.2 Å². The van der Waals surface area contributed by atoms with Gasteiger partial charge in [0.05, 0.1) is 6.54 Å². The molecule has 0 unspecified atom stereocenters. The number of carbonyl (C=O) groups is 1. The van der Waals surface area contributed by atoms with E-state index >= 15 is 0 Å². The second-order valence-corrected chi connectivity index (χ2v) is 4.89. The Morgan fingerprint density at radius 3 is 2.37 bits per heavy atom.